The van der Waals surface area contributed by atoms with Crippen molar-refractivity contribution in [3.63, 3.8) is 0 Å². The van der Waals surface area contributed by atoms with Crippen LogP contribution in [0, 0.1) is 13.8 Å². The Bertz CT molecular complexity index is 801. The van der Waals surface area contributed by atoms with Crippen molar-refractivity contribution in [2.45, 2.75) is 26.7 Å². The highest BCUT2D eigenvalue weighted by atomic mass is 32.3. The van der Waals surface area contributed by atoms with Crippen LogP contribution in [0.2, 0.25) is 0 Å². The van der Waals surface area contributed by atoms with Gasteiger partial charge in [-0.25, -0.2) is 27.9 Å². The summed E-state index contributed by atoms with van der Waals surface area (Å²) in [7, 11) is -8.44. The standard InChI is InChI=1S/C11H17N5O5S2/c1-8-7-9(2)13-10(12-8)14-11(17)15-23(20,21)16-5-3-4-6-22(16,18)19/h7H,3-6H2,1-2H3,(H2,12,13,14,15,17). The van der Waals surface area contributed by atoms with E-state index in [0.717, 1.165) is 0 Å². The number of sulfonamides is 1. The molecule has 1 aliphatic heterocycles. The molecule has 2 heterocycles. The highest BCUT2D eigenvalue weighted by molar-refractivity contribution is 8.03. The SMILES string of the molecule is Cc1cc(C)nc(NC(=O)NS(=O)(=O)N2CCCCS2(=O)=O)n1. The highest BCUT2D eigenvalue weighted by Gasteiger charge is 2.37. The summed E-state index contributed by atoms with van der Waals surface area (Å²) < 4.78 is 49.7. The van der Waals surface area contributed by atoms with Crippen molar-refractivity contribution in [3.8, 4) is 0 Å². The summed E-state index contributed by atoms with van der Waals surface area (Å²) in [6.07, 6.45) is 0.791. The maximum atomic E-state index is 12.1. The Morgan fingerprint density at radius 3 is 2.39 bits per heavy atom. The van der Waals surface area contributed by atoms with Crippen LogP contribution in [0.25, 0.3) is 0 Å². The average molecular weight is 363 g/mol. The predicted octanol–water partition coefficient (Wildman–Crippen LogP) is -0.115. The molecule has 1 saturated heterocycles. The number of urea groups is 1. The topological polar surface area (TPSA) is 138 Å². The summed E-state index contributed by atoms with van der Waals surface area (Å²) in [5.41, 5.74) is 1.18. The second-order valence-corrected chi connectivity index (χ2v) is 8.89. The van der Waals surface area contributed by atoms with Gasteiger partial charge in [-0.3, -0.25) is 5.32 Å². The summed E-state index contributed by atoms with van der Waals surface area (Å²) in [6.45, 7) is 3.19. The van der Waals surface area contributed by atoms with Crippen LogP contribution in [0.3, 0.4) is 0 Å². The Labute approximate surface area is 134 Å². The van der Waals surface area contributed by atoms with Gasteiger partial charge in [0.2, 0.25) is 16.0 Å². The molecule has 2 rings (SSSR count). The number of hydrogen-bond acceptors (Lipinski definition) is 7. The fraction of sp³-hybridized carbons (Fsp3) is 0.545. The normalized spacial score (nSPS) is 18.3. The Morgan fingerprint density at radius 1 is 1.22 bits per heavy atom. The quantitative estimate of drug-likeness (QED) is 0.763. The van der Waals surface area contributed by atoms with Crippen LogP contribution < -0.4 is 10.0 Å². The van der Waals surface area contributed by atoms with Gasteiger partial charge in [-0.15, -0.1) is 0 Å². The molecule has 2 amide bonds. The van der Waals surface area contributed by atoms with Crippen LogP contribution in [0.4, 0.5) is 10.7 Å². The lowest BCUT2D eigenvalue weighted by Gasteiger charge is -2.25. The van der Waals surface area contributed by atoms with Gasteiger partial charge in [0.05, 0.1) is 5.75 Å². The maximum absolute atomic E-state index is 12.1. The lowest BCUT2D eigenvalue weighted by molar-refractivity contribution is 0.256. The molecule has 12 heteroatoms. The number of nitrogens with zero attached hydrogens (tertiary/aromatic N) is 3. The van der Waals surface area contributed by atoms with E-state index in [-0.39, 0.29) is 18.2 Å². The molecule has 0 aromatic carbocycles. The van der Waals surface area contributed by atoms with Gasteiger partial charge in [-0.05, 0) is 32.8 Å². The van der Waals surface area contributed by atoms with E-state index in [1.807, 2.05) is 0 Å². The van der Waals surface area contributed by atoms with Crippen LogP contribution in [0.15, 0.2) is 6.07 Å². The van der Waals surface area contributed by atoms with Gasteiger partial charge >= 0.3 is 16.2 Å². The first-order valence-electron chi connectivity index (χ1n) is 6.77. The minimum absolute atomic E-state index is 0.0725. The third-order valence-electron chi connectivity index (χ3n) is 3.00. The van der Waals surface area contributed by atoms with E-state index in [9.17, 15) is 21.6 Å². The first-order chi connectivity index (χ1) is 10.6. The van der Waals surface area contributed by atoms with Crippen molar-refractivity contribution >= 4 is 32.2 Å². The second-order valence-electron chi connectivity index (χ2n) is 5.06. The zero-order chi connectivity index (χ0) is 17.3. The molecule has 23 heavy (non-hydrogen) atoms. The number of aryl methyl sites for hydroxylation is 2. The number of hydrogen-bond donors (Lipinski definition) is 2. The summed E-state index contributed by atoms with van der Waals surface area (Å²) in [6, 6.07) is 0.552. The third-order valence-corrected chi connectivity index (χ3v) is 7.04. The monoisotopic (exact) mass is 363 g/mol. The van der Waals surface area contributed by atoms with E-state index < -0.39 is 26.3 Å². The van der Waals surface area contributed by atoms with Crippen molar-refractivity contribution in [1.82, 2.24) is 18.4 Å². The largest absolute Gasteiger partial charge is 0.336 e. The molecule has 1 fully saturated rings. The van der Waals surface area contributed by atoms with Gasteiger partial charge in [0.1, 0.15) is 0 Å². The molecular formula is C11H17N5O5S2. The smallest absolute Gasteiger partial charge is 0.275 e. The van der Waals surface area contributed by atoms with Crippen LogP contribution >= 0.6 is 0 Å². The fourth-order valence-corrected chi connectivity index (χ4v) is 5.58. The Kier molecular flexibility index (Phi) is 4.87. The lowest BCUT2D eigenvalue weighted by atomic mass is 10.3. The van der Waals surface area contributed by atoms with Gasteiger partial charge in [-0.2, -0.15) is 8.42 Å². The van der Waals surface area contributed by atoms with Crippen LogP contribution in [-0.4, -0.2) is 48.8 Å². The highest BCUT2D eigenvalue weighted by Crippen LogP contribution is 2.16. The van der Waals surface area contributed by atoms with Crippen LogP contribution in [0.1, 0.15) is 24.2 Å². The molecular weight excluding hydrogens is 346 g/mol. The average Bonchev–Trinajstić information content (AvgIpc) is 2.35. The van der Waals surface area contributed by atoms with Crippen molar-refractivity contribution in [2.75, 3.05) is 17.6 Å². The number of carbonyl (C=O) groups is 1. The number of nitrogens with one attached hydrogen (secondary N) is 2. The molecule has 0 bridgehead atoms. The van der Waals surface area contributed by atoms with E-state index in [4.69, 9.17) is 0 Å². The molecule has 2 N–H and O–H groups in total. The Balaban J connectivity index is 2.12. The molecule has 0 unspecified atom stereocenters. The molecule has 1 aromatic rings. The van der Waals surface area contributed by atoms with E-state index in [0.29, 0.717) is 27.9 Å². The number of aromatic nitrogens is 2. The van der Waals surface area contributed by atoms with Gasteiger partial charge in [0.15, 0.2) is 0 Å². The van der Waals surface area contributed by atoms with Gasteiger partial charge in [-0.1, -0.05) is 3.71 Å². The fourth-order valence-electron chi connectivity index (χ4n) is 2.11. The molecule has 128 valence electrons. The number of anilines is 1. The zero-order valence-electron chi connectivity index (χ0n) is 12.6. The van der Waals surface area contributed by atoms with Crippen molar-refractivity contribution < 1.29 is 21.6 Å². The third kappa shape index (κ3) is 4.36. The number of carbonyl (C=O) groups excluding carboxylic acids is 1. The van der Waals surface area contributed by atoms with E-state index in [2.05, 4.69) is 15.3 Å². The van der Waals surface area contributed by atoms with Gasteiger partial charge < -0.3 is 0 Å². The van der Waals surface area contributed by atoms with Crippen molar-refractivity contribution in [3.05, 3.63) is 17.5 Å². The molecule has 1 aliphatic rings. The summed E-state index contributed by atoms with van der Waals surface area (Å²) >= 11 is 0. The second kappa shape index (κ2) is 6.37. The molecule has 0 saturated carbocycles. The zero-order valence-corrected chi connectivity index (χ0v) is 14.2. The van der Waals surface area contributed by atoms with Gasteiger partial charge in [0, 0.05) is 17.9 Å². The summed E-state index contributed by atoms with van der Waals surface area (Å²) in [4.78, 5) is 19.7. The number of rotatable bonds is 3. The minimum atomic E-state index is -4.50. The molecule has 10 nitrogen and oxygen atoms in total. The molecule has 0 spiro atoms. The molecule has 1 aromatic heterocycles. The van der Waals surface area contributed by atoms with Crippen molar-refractivity contribution in [1.29, 1.82) is 0 Å². The van der Waals surface area contributed by atoms with Crippen LogP contribution in [0.5, 0.6) is 0 Å². The predicted molar refractivity (Wildman–Crippen MR) is 82.3 cm³/mol. The Morgan fingerprint density at radius 2 is 1.83 bits per heavy atom. The molecule has 0 aliphatic carbocycles. The number of amides is 2. The molecule has 0 atom stereocenters. The van der Waals surface area contributed by atoms with E-state index in [1.54, 1.807) is 24.6 Å². The van der Waals surface area contributed by atoms with E-state index >= 15 is 0 Å². The first kappa shape index (κ1) is 17.6. The van der Waals surface area contributed by atoms with Crippen molar-refractivity contribution in [2.24, 2.45) is 0 Å². The first-order valence-corrected chi connectivity index (χ1v) is 9.82. The Hall–Kier alpha value is -1.79. The molecule has 0 radical (unpaired) electrons. The maximum Gasteiger partial charge on any atom is 0.336 e. The minimum Gasteiger partial charge on any atom is -0.275 e. The summed E-state index contributed by atoms with van der Waals surface area (Å²) in [5.74, 6) is -0.341. The summed E-state index contributed by atoms with van der Waals surface area (Å²) in [5, 5.41) is 2.17. The lowest BCUT2D eigenvalue weighted by Crippen LogP contribution is -2.50. The van der Waals surface area contributed by atoms with Crippen LogP contribution in [-0.2, 0) is 20.2 Å². The van der Waals surface area contributed by atoms with Gasteiger partial charge in [0.25, 0.3) is 0 Å². The van der Waals surface area contributed by atoms with E-state index in [1.165, 1.54) is 0 Å².